The maximum absolute atomic E-state index is 12.3. The topological polar surface area (TPSA) is 96.7 Å². The van der Waals surface area contributed by atoms with E-state index < -0.39 is 9.84 Å². The molecule has 1 N–H and O–H groups in total. The fourth-order valence-corrected chi connectivity index (χ4v) is 6.19. The van der Waals surface area contributed by atoms with Crippen molar-refractivity contribution in [3.63, 3.8) is 0 Å². The lowest BCUT2D eigenvalue weighted by atomic mass is 10.0. The molecular formula is C23H27N5O3S. The number of carbonyl (C=O) groups is 1. The van der Waals surface area contributed by atoms with Gasteiger partial charge in [-0.2, -0.15) is 4.98 Å². The molecule has 0 unspecified atom stereocenters. The van der Waals surface area contributed by atoms with E-state index in [0.29, 0.717) is 24.7 Å². The number of aromatic nitrogens is 3. The fourth-order valence-electron chi connectivity index (χ4n) is 4.02. The van der Waals surface area contributed by atoms with Gasteiger partial charge in [-0.3, -0.25) is 15.0 Å². The second-order valence-corrected chi connectivity index (χ2v) is 11.6. The van der Waals surface area contributed by atoms with Crippen LogP contribution >= 0.6 is 0 Å². The predicted molar refractivity (Wildman–Crippen MR) is 123 cm³/mol. The first-order chi connectivity index (χ1) is 15.3. The molecule has 1 saturated heterocycles. The molecule has 9 heteroatoms. The number of nitrogens with one attached hydrogen (secondary N) is 1. The molecule has 2 aromatic heterocycles. The summed E-state index contributed by atoms with van der Waals surface area (Å²) in [5.74, 6) is 0.0235. The lowest BCUT2D eigenvalue weighted by Gasteiger charge is -2.38. The van der Waals surface area contributed by atoms with Gasteiger partial charge in [0.05, 0.1) is 10.5 Å². The van der Waals surface area contributed by atoms with E-state index in [0.717, 1.165) is 36.1 Å². The molecule has 3 aromatic rings. The van der Waals surface area contributed by atoms with Crippen molar-refractivity contribution in [2.75, 3.05) is 18.4 Å². The standard InChI is InChI=1S/C23H27N5O3S/c1-15(2)22(29)25-23-24-21-20(4-3-11-28(21)26-23)17-7-5-16(6-8-17)12-27-13-19(14-27)32(30,31)18-9-10-18/h3-8,11,15,18-19H,9-10,12-14H2,1-2H3,(H,25,26,29). The van der Waals surface area contributed by atoms with Gasteiger partial charge in [0.1, 0.15) is 0 Å². The van der Waals surface area contributed by atoms with Crippen LogP contribution in [-0.4, -0.2) is 57.4 Å². The van der Waals surface area contributed by atoms with Gasteiger partial charge in [-0.25, -0.2) is 12.9 Å². The molecule has 0 spiro atoms. The minimum atomic E-state index is -2.91. The number of nitrogens with zero attached hydrogens (tertiary/aromatic N) is 4. The van der Waals surface area contributed by atoms with Gasteiger partial charge >= 0.3 is 0 Å². The summed E-state index contributed by atoms with van der Waals surface area (Å²) in [5, 5.41) is 6.84. The summed E-state index contributed by atoms with van der Waals surface area (Å²) in [6.45, 7) is 5.65. The van der Waals surface area contributed by atoms with Gasteiger partial charge < -0.3 is 0 Å². The normalized spacial score (nSPS) is 17.6. The number of sulfone groups is 1. The van der Waals surface area contributed by atoms with Crippen molar-refractivity contribution in [2.24, 2.45) is 5.92 Å². The molecule has 168 valence electrons. The molecule has 1 aliphatic carbocycles. The summed E-state index contributed by atoms with van der Waals surface area (Å²) < 4.78 is 26.3. The van der Waals surface area contributed by atoms with E-state index in [4.69, 9.17) is 0 Å². The molecule has 1 aromatic carbocycles. The highest BCUT2D eigenvalue weighted by molar-refractivity contribution is 7.93. The van der Waals surface area contributed by atoms with E-state index in [9.17, 15) is 13.2 Å². The van der Waals surface area contributed by atoms with Gasteiger partial charge in [-0.15, -0.1) is 5.10 Å². The van der Waals surface area contributed by atoms with Crippen molar-refractivity contribution in [3.05, 3.63) is 48.2 Å². The minimum Gasteiger partial charge on any atom is -0.296 e. The third kappa shape index (κ3) is 4.02. The Labute approximate surface area is 187 Å². The van der Waals surface area contributed by atoms with Crippen molar-refractivity contribution < 1.29 is 13.2 Å². The van der Waals surface area contributed by atoms with Crippen LogP contribution < -0.4 is 5.32 Å². The van der Waals surface area contributed by atoms with Crippen molar-refractivity contribution in [1.29, 1.82) is 0 Å². The summed E-state index contributed by atoms with van der Waals surface area (Å²) >= 11 is 0. The van der Waals surface area contributed by atoms with E-state index >= 15 is 0 Å². The van der Waals surface area contributed by atoms with Crippen LogP contribution in [0.5, 0.6) is 0 Å². The van der Waals surface area contributed by atoms with E-state index in [2.05, 4.69) is 32.4 Å². The third-order valence-corrected chi connectivity index (χ3v) is 8.80. The van der Waals surface area contributed by atoms with Crippen LogP contribution in [0.3, 0.4) is 0 Å². The van der Waals surface area contributed by atoms with Crippen molar-refractivity contribution in [1.82, 2.24) is 19.5 Å². The molecule has 32 heavy (non-hydrogen) atoms. The van der Waals surface area contributed by atoms with Gasteiger partial charge in [-0.1, -0.05) is 38.1 Å². The summed E-state index contributed by atoms with van der Waals surface area (Å²) in [6.07, 6.45) is 3.48. The number of anilines is 1. The van der Waals surface area contributed by atoms with Crippen LogP contribution in [0, 0.1) is 5.92 Å². The number of hydrogen-bond donors (Lipinski definition) is 1. The molecule has 0 radical (unpaired) electrons. The number of likely N-dealkylation sites (tertiary alicyclic amines) is 1. The zero-order valence-electron chi connectivity index (χ0n) is 18.2. The summed E-state index contributed by atoms with van der Waals surface area (Å²) in [7, 11) is -2.91. The zero-order valence-corrected chi connectivity index (χ0v) is 19.0. The quantitative estimate of drug-likeness (QED) is 0.591. The first kappa shape index (κ1) is 21.1. The maximum atomic E-state index is 12.3. The van der Waals surface area contributed by atoms with Gasteiger partial charge in [0.25, 0.3) is 0 Å². The first-order valence-corrected chi connectivity index (χ1v) is 12.6. The third-order valence-electron chi connectivity index (χ3n) is 6.17. The molecular weight excluding hydrogens is 426 g/mol. The van der Waals surface area contributed by atoms with Crippen molar-refractivity contribution in [3.8, 4) is 11.1 Å². The van der Waals surface area contributed by atoms with Crippen LogP contribution in [0.25, 0.3) is 16.8 Å². The Morgan fingerprint density at radius 1 is 1.12 bits per heavy atom. The highest BCUT2D eigenvalue weighted by atomic mass is 32.2. The largest absolute Gasteiger partial charge is 0.296 e. The molecule has 2 aliphatic rings. The lowest BCUT2D eigenvalue weighted by Crippen LogP contribution is -2.54. The Morgan fingerprint density at radius 3 is 2.50 bits per heavy atom. The Hall–Kier alpha value is -2.78. The first-order valence-electron chi connectivity index (χ1n) is 11.0. The molecule has 3 heterocycles. The fraction of sp³-hybridized carbons (Fsp3) is 0.435. The van der Waals surface area contributed by atoms with E-state index in [1.165, 1.54) is 0 Å². The van der Waals surface area contributed by atoms with Gasteiger partial charge in [0.15, 0.2) is 15.5 Å². The zero-order chi connectivity index (χ0) is 22.5. The number of carbonyl (C=O) groups excluding carboxylic acids is 1. The smallest absolute Gasteiger partial charge is 0.249 e. The summed E-state index contributed by atoms with van der Waals surface area (Å²) in [6, 6.07) is 12.1. The molecule has 0 atom stereocenters. The highest BCUT2D eigenvalue weighted by Gasteiger charge is 2.46. The molecule has 0 bridgehead atoms. The second kappa shape index (κ2) is 7.97. The monoisotopic (exact) mass is 453 g/mol. The Bertz CT molecular complexity index is 1260. The van der Waals surface area contributed by atoms with E-state index in [1.54, 1.807) is 10.7 Å². The van der Waals surface area contributed by atoms with Gasteiger partial charge in [0.2, 0.25) is 11.9 Å². The van der Waals surface area contributed by atoms with Crippen molar-refractivity contribution in [2.45, 2.75) is 43.7 Å². The summed E-state index contributed by atoms with van der Waals surface area (Å²) in [5.41, 5.74) is 3.76. The lowest BCUT2D eigenvalue weighted by molar-refractivity contribution is -0.118. The van der Waals surface area contributed by atoms with Gasteiger partial charge in [-0.05, 0) is 36.1 Å². The Morgan fingerprint density at radius 2 is 1.84 bits per heavy atom. The molecule has 1 amide bonds. The average Bonchev–Trinajstić information content (AvgIpc) is 3.51. The number of amides is 1. The number of benzene rings is 1. The molecule has 8 nitrogen and oxygen atoms in total. The maximum Gasteiger partial charge on any atom is 0.249 e. The van der Waals surface area contributed by atoms with Crippen molar-refractivity contribution >= 4 is 27.3 Å². The number of pyridine rings is 1. The average molecular weight is 454 g/mol. The van der Waals surface area contributed by atoms with Crippen LogP contribution in [-0.2, 0) is 21.2 Å². The highest BCUT2D eigenvalue weighted by Crippen LogP contribution is 2.34. The number of hydrogen-bond acceptors (Lipinski definition) is 6. The van der Waals surface area contributed by atoms with Crippen LogP contribution in [0.1, 0.15) is 32.3 Å². The molecule has 2 fully saturated rings. The Kier molecular flexibility index (Phi) is 5.25. The molecule has 5 rings (SSSR count). The predicted octanol–water partition coefficient (Wildman–Crippen LogP) is 2.75. The minimum absolute atomic E-state index is 0.0759. The van der Waals surface area contributed by atoms with Gasteiger partial charge in [0, 0.05) is 37.3 Å². The number of fused-ring (bicyclic) bond motifs is 1. The van der Waals surface area contributed by atoms with Crippen LogP contribution in [0.4, 0.5) is 5.95 Å². The van der Waals surface area contributed by atoms with Crippen LogP contribution in [0.15, 0.2) is 42.6 Å². The summed E-state index contributed by atoms with van der Waals surface area (Å²) in [4.78, 5) is 18.7. The van der Waals surface area contributed by atoms with E-state index in [1.807, 2.05) is 38.1 Å². The Balaban J connectivity index is 1.28. The molecule has 1 aliphatic heterocycles. The second-order valence-electron chi connectivity index (χ2n) is 9.07. The SMILES string of the molecule is CC(C)C(=O)Nc1nc2c(-c3ccc(CN4CC(S(=O)(=O)C5CC5)C4)cc3)cccn2n1. The van der Waals surface area contributed by atoms with E-state index in [-0.39, 0.29) is 22.3 Å². The molecule has 1 saturated carbocycles. The number of rotatable bonds is 7. The van der Waals surface area contributed by atoms with Crippen LogP contribution in [0.2, 0.25) is 0 Å².